The highest BCUT2D eigenvalue weighted by Crippen LogP contribution is 1.97. The van der Waals surface area contributed by atoms with E-state index in [-0.39, 0.29) is 0 Å². The van der Waals surface area contributed by atoms with E-state index in [0.717, 1.165) is 26.4 Å². The highest BCUT2D eigenvalue weighted by molar-refractivity contribution is 4.71. The molecule has 5 heteroatoms. The fraction of sp³-hybridized carbons (Fsp3) is 1.00. The molecule has 0 spiro atoms. The topological polar surface area (TPSA) is 49.0 Å². The minimum Gasteiger partial charge on any atom is -0.382 e. The molecule has 1 aliphatic rings. The van der Waals surface area contributed by atoms with Crippen LogP contribution >= 0.6 is 0 Å². The number of ether oxygens (including phenoxy) is 4. The molecule has 1 N–H and O–H groups in total. The summed E-state index contributed by atoms with van der Waals surface area (Å²) in [5.74, 6) is 0. The van der Waals surface area contributed by atoms with Crippen molar-refractivity contribution in [1.82, 2.24) is 5.32 Å². The molecule has 1 saturated heterocycles. The highest BCUT2D eigenvalue weighted by atomic mass is 16.5. The molecule has 1 fully saturated rings. The van der Waals surface area contributed by atoms with E-state index in [2.05, 4.69) is 5.32 Å². The second-order valence-electron chi connectivity index (χ2n) is 3.41. The number of rotatable bonds is 10. The predicted molar refractivity (Wildman–Crippen MR) is 56.1 cm³/mol. The molecule has 0 aromatic carbocycles. The first-order chi connectivity index (χ1) is 7.43. The van der Waals surface area contributed by atoms with Crippen molar-refractivity contribution in [3.8, 4) is 0 Å². The number of hydrogen-bond acceptors (Lipinski definition) is 5. The van der Waals surface area contributed by atoms with Crippen LogP contribution in [0.4, 0.5) is 0 Å². The zero-order valence-electron chi connectivity index (χ0n) is 9.37. The summed E-state index contributed by atoms with van der Waals surface area (Å²) in [6, 6.07) is 0.534. The number of hydrogen-bond donors (Lipinski definition) is 1. The van der Waals surface area contributed by atoms with Gasteiger partial charge >= 0.3 is 0 Å². The van der Waals surface area contributed by atoms with Crippen molar-refractivity contribution in [1.29, 1.82) is 0 Å². The molecule has 5 nitrogen and oxygen atoms in total. The molecule has 0 bridgehead atoms. The fourth-order valence-corrected chi connectivity index (χ4v) is 1.15. The van der Waals surface area contributed by atoms with Gasteiger partial charge < -0.3 is 24.3 Å². The maximum absolute atomic E-state index is 5.36. The largest absolute Gasteiger partial charge is 0.382 e. The number of methoxy groups -OCH3 is 1. The maximum atomic E-state index is 5.36. The van der Waals surface area contributed by atoms with Crippen LogP contribution in [-0.2, 0) is 18.9 Å². The van der Waals surface area contributed by atoms with E-state index >= 15 is 0 Å². The Hall–Kier alpha value is -0.200. The van der Waals surface area contributed by atoms with Gasteiger partial charge in [0, 0.05) is 13.7 Å². The van der Waals surface area contributed by atoms with Gasteiger partial charge in [-0.1, -0.05) is 0 Å². The Bertz CT molecular complexity index is 141. The molecule has 0 unspecified atom stereocenters. The lowest BCUT2D eigenvalue weighted by Gasteiger charge is -2.26. The van der Waals surface area contributed by atoms with Gasteiger partial charge in [-0.05, 0) is 0 Å². The second-order valence-corrected chi connectivity index (χ2v) is 3.41. The molecule has 0 radical (unpaired) electrons. The van der Waals surface area contributed by atoms with E-state index in [1.165, 1.54) is 0 Å². The Morgan fingerprint density at radius 2 is 1.73 bits per heavy atom. The van der Waals surface area contributed by atoms with Crippen LogP contribution in [-0.4, -0.2) is 65.9 Å². The summed E-state index contributed by atoms with van der Waals surface area (Å²) >= 11 is 0. The van der Waals surface area contributed by atoms with Crippen molar-refractivity contribution in [2.24, 2.45) is 0 Å². The van der Waals surface area contributed by atoms with Gasteiger partial charge in [0.05, 0.1) is 52.3 Å². The fourth-order valence-electron chi connectivity index (χ4n) is 1.15. The predicted octanol–water partition coefficient (Wildman–Crippen LogP) is -0.346. The Balaban J connectivity index is 1.66. The van der Waals surface area contributed by atoms with Crippen molar-refractivity contribution in [3.63, 3.8) is 0 Å². The van der Waals surface area contributed by atoms with E-state index < -0.39 is 0 Å². The minimum absolute atomic E-state index is 0.534. The van der Waals surface area contributed by atoms with E-state index in [1.807, 2.05) is 0 Å². The molecule has 0 amide bonds. The van der Waals surface area contributed by atoms with Crippen molar-refractivity contribution >= 4 is 0 Å². The molecule has 1 heterocycles. The Kier molecular flexibility index (Phi) is 7.77. The van der Waals surface area contributed by atoms with Crippen LogP contribution in [0.2, 0.25) is 0 Å². The SMILES string of the molecule is COCCOCCOCCNC1COC1. The van der Waals surface area contributed by atoms with Crippen LogP contribution in [0.15, 0.2) is 0 Å². The van der Waals surface area contributed by atoms with Crippen molar-refractivity contribution in [2.75, 3.05) is 59.9 Å². The molecule has 0 saturated carbocycles. The Morgan fingerprint density at radius 1 is 1.07 bits per heavy atom. The van der Waals surface area contributed by atoms with Crippen LogP contribution < -0.4 is 5.32 Å². The molecule has 1 aliphatic heterocycles. The average Bonchev–Trinajstić information content (AvgIpc) is 2.18. The third-order valence-electron chi connectivity index (χ3n) is 2.12. The third kappa shape index (κ3) is 6.81. The summed E-state index contributed by atoms with van der Waals surface area (Å²) in [7, 11) is 1.66. The zero-order chi connectivity index (χ0) is 10.8. The van der Waals surface area contributed by atoms with Gasteiger partial charge in [-0.15, -0.1) is 0 Å². The third-order valence-corrected chi connectivity index (χ3v) is 2.12. The molecule has 1 rings (SSSR count). The standard InChI is InChI=1S/C10H21NO4/c1-12-4-5-14-7-6-13-3-2-11-10-8-15-9-10/h10-11H,2-9H2,1H3. The Labute approximate surface area is 91.0 Å². The summed E-state index contributed by atoms with van der Waals surface area (Å²) in [5, 5.41) is 3.32. The van der Waals surface area contributed by atoms with Gasteiger partial charge in [-0.25, -0.2) is 0 Å². The van der Waals surface area contributed by atoms with Gasteiger partial charge in [-0.3, -0.25) is 0 Å². The van der Waals surface area contributed by atoms with Crippen LogP contribution in [0.5, 0.6) is 0 Å². The van der Waals surface area contributed by atoms with Gasteiger partial charge in [0.2, 0.25) is 0 Å². The number of nitrogens with one attached hydrogen (secondary N) is 1. The molecular weight excluding hydrogens is 198 g/mol. The van der Waals surface area contributed by atoms with E-state index in [9.17, 15) is 0 Å². The van der Waals surface area contributed by atoms with Gasteiger partial charge in [0.25, 0.3) is 0 Å². The maximum Gasteiger partial charge on any atom is 0.0701 e. The minimum atomic E-state index is 0.534. The van der Waals surface area contributed by atoms with Gasteiger partial charge in [-0.2, -0.15) is 0 Å². The summed E-state index contributed by atoms with van der Waals surface area (Å²) in [6.45, 7) is 5.83. The smallest absolute Gasteiger partial charge is 0.0701 e. The lowest BCUT2D eigenvalue weighted by molar-refractivity contribution is -0.0110. The monoisotopic (exact) mass is 219 g/mol. The van der Waals surface area contributed by atoms with Gasteiger partial charge in [0.1, 0.15) is 0 Å². The van der Waals surface area contributed by atoms with Gasteiger partial charge in [0.15, 0.2) is 0 Å². The molecule has 0 aromatic heterocycles. The quantitative estimate of drug-likeness (QED) is 0.509. The van der Waals surface area contributed by atoms with Crippen molar-refractivity contribution in [2.45, 2.75) is 6.04 Å². The highest BCUT2D eigenvalue weighted by Gasteiger charge is 2.16. The lowest BCUT2D eigenvalue weighted by Crippen LogP contribution is -2.47. The van der Waals surface area contributed by atoms with Crippen molar-refractivity contribution in [3.05, 3.63) is 0 Å². The summed E-state index contributed by atoms with van der Waals surface area (Å²) < 4.78 is 20.5. The first-order valence-corrected chi connectivity index (χ1v) is 5.39. The molecular formula is C10H21NO4. The second kappa shape index (κ2) is 9.06. The van der Waals surface area contributed by atoms with Crippen LogP contribution in [0, 0.1) is 0 Å². The molecule has 0 atom stereocenters. The average molecular weight is 219 g/mol. The summed E-state index contributed by atoms with van der Waals surface area (Å²) in [6.07, 6.45) is 0. The van der Waals surface area contributed by atoms with Crippen LogP contribution in [0.1, 0.15) is 0 Å². The van der Waals surface area contributed by atoms with Crippen molar-refractivity contribution < 1.29 is 18.9 Å². The van der Waals surface area contributed by atoms with E-state index in [0.29, 0.717) is 32.5 Å². The van der Waals surface area contributed by atoms with Crippen LogP contribution in [0.25, 0.3) is 0 Å². The zero-order valence-corrected chi connectivity index (χ0v) is 9.37. The molecule has 0 aliphatic carbocycles. The molecule has 90 valence electrons. The first kappa shape index (κ1) is 12.9. The Morgan fingerprint density at radius 3 is 2.33 bits per heavy atom. The summed E-state index contributed by atoms with van der Waals surface area (Å²) in [4.78, 5) is 0. The first-order valence-electron chi connectivity index (χ1n) is 5.39. The van der Waals surface area contributed by atoms with Crippen LogP contribution in [0.3, 0.4) is 0 Å². The van der Waals surface area contributed by atoms with E-state index in [1.54, 1.807) is 7.11 Å². The molecule has 15 heavy (non-hydrogen) atoms. The van der Waals surface area contributed by atoms with E-state index in [4.69, 9.17) is 18.9 Å². The lowest BCUT2D eigenvalue weighted by atomic mass is 10.2. The summed E-state index contributed by atoms with van der Waals surface area (Å²) in [5.41, 5.74) is 0. The normalized spacial score (nSPS) is 16.6. The molecule has 0 aromatic rings.